The van der Waals surface area contributed by atoms with Crippen LogP contribution in [0.3, 0.4) is 0 Å². The molecular formula is C40H60N4O10. The maximum Gasteiger partial charge on any atom is 0.408 e. The number of rotatable bonds is 12. The zero-order valence-corrected chi connectivity index (χ0v) is 32.4. The van der Waals surface area contributed by atoms with Crippen LogP contribution in [0.15, 0.2) is 60.7 Å². The van der Waals surface area contributed by atoms with Gasteiger partial charge in [-0.15, -0.1) is 0 Å². The fourth-order valence-corrected chi connectivity index (χ4v) is 5.55. The molecule has 0 bridgehead atoms. The third-order valence-corrected chi connectivity index (χ3v) is 9.32. The Balaban J connectivity index is 1.54. The molecule has 300 valence electrons. The van der Waals surface area contributed by atoms with Gasteiger partial charge >= 0.3 is 12.2 Å². The first kappa shape index (κ1) is 44.2. The molecular weight excluding hydrogens is 696 g/mol. The Hall–Kier alpha value is -4.24. The maximum atomic E-state index is 13.8. The fraction of sp³-hybridized carbons (Fsp3) is 0.600. The average Bonchev–Trinajstić information content (AvgIpc) is 3.20. The Morgan fingerprint density at radius 2 is 0.870 bits per heavy atom. The van der Waals surface area contributed by atoms with Crippen LogP contribution in [-0.2, 0) is 51.2 Å². The summed E-state index contributed by atoms with van der Waals surface area (Å²) in [6.45, 7) is 11.2. The molecule has 2 aromatic carbocycles. The number of amides is 4. The smallest absolute Gasteiger partial charge is 0.408 e. The van der Waals surface area contributed by atoms with E-state index in [1.165, 1.54) is 0 Å². The number of nitrogens with one attached hydrogen (secondary N) is 2. The van der Waals surface area contributed by atoms with Crippen LogP contribution in [0, 0.1) is 11.8 Å². The Morgan fingerprint density at radius 1 is 0.556 bits per heavy atom. The number of benzene rings is 2. The van der Waals surface area contributed by atoms with Gasteiger partial charge in [0.25, 0.3) is 0 Å². The highest BCUT2D eigenvalue weighted by Gasteiger charge is 2.32. The van der Waals surface area contributed by atoms with Crippen LogP contribution in [0.4, 0.5) is 9.59 Å². The summed E-state index contributed by atoms with van der Waals surface area (Å²) in [5.74, 6) is -0.770. The van der Waals surface area contributed by atoms with E-state index in [4.69, 9.17) is 28.4 Å². The molecule has 2 aromatic rings. The Labute approximate surface area is 320 Å². The van der Waals surface area contributed by atoms with Gasteiger partial charge in [0.2, 0.25) is 11.8 Å². The van der Waals surface area contributed by atoms with E-state index in [9.17, 15) is 19.2 Å². The second-order valence-electron chi connectivity index (χ2n) is 13.2. The quantitative estimate of drug-likeness (QED) is 0.319. The van der Waals surface area contributed by atoms with Crippen molar-refractivity contribution in [1.29, 1.82) is 0 Å². The summed E-state index contributed by atoms with van der Waals surface area (Å²) in [5.41, 5.74) is 1.70. The van der Waals surface area contributed by atoms with Gasteiger partial charge in [-0.05, 0) is 23.0 Å². The summed E-state index contributed by atoms with van der Waals surface area (Å²) in [6, 6.07) is 17.1. The van der Waals surface area contributed by atoms with Crippen molar-refractivity contribution in [3.8, 4) is 0 Å². The molecule has 0 spiro atoms. The summed E-state index contributed by atoms with van der Waals surface area (Å²) >= 11 is 0. The summed E-state index contributed by atoms with van der Waals surface area (Å²) < 4.78 is 34.1. The molecule has 0 saturated carbocycles. The molecule has 0 unspecified atom stereocenters. The van der Waals surface area contributed by atoms with Crippen molar-refractivity contribution in [1.82, 2.24) is 20.4 Å². The van der Waals surface area contributed by atoms with E-state index in [2.05, 4.69) is 10.6 Å². The third-order valence-electron chi connectivity index (χ3n) is 9.32. The SMILES string of the molecule is CC[C@H](C)[C@H](NC(=O)OCc1ccccc1)C(=O)N1CCOCCOCCN(C(=O)[C@@H](NC(=O)OCc2ccccc2)[C@@H](C)CC)CCOCCOCC1. The first-order valence-corrected chi connectivity index (χ1v) is 19.1. The largest absolute Gasteiger partial charge is 0.445 e. The van der Waals surface area contributed by atoms with Crippen molar-refractivity contribution in [2.75, 3.05) is 79.0 Å². The van der Waals surface area contributed by atoms with Crippen LogP contribution in [0.2, 0.25) is 0 Å². The molecule has 0 radical (unpaired) electrons. The molecule has 3 rings (SSSR count). The number of hydrogen-bond acceptors (Lipinski definition) is 10. The molecule has 1 saturated heterocycles. The summed E-state index contributed by atoms with van der Waals surface area (Å²) in [7, 11) is 0. The standard InChI is InChI=1S/C40H60N4O10/c1-5-31(3)35(41-39(47)53-29-33-13-9-7-10-14-33)37(45)43-17-21-49-25-27-51-23-19-44(20-24-52-28-26-50-22-18-43)38(46)36(32(4)6-2)42-40(48)54-30-34-15-11-8-12-16-34/h7-16,31-32,35-36H,5-6,17-30H2,1-4H3,(H,41,47)(H,42,48)/t31-,32-,35-,36-/m0/s1. The van der Waals surface area contributed by atoms with Gasteiger partial charge in [0.1, 0.15) is 25.3 Å². The molecule has 4 atom stereocenters. The van der Waals surface area contributed by atoms with Crippen LogP contribution in [0.25, 0.3) is 0 Å². The van der Waals surface area contributed by atoms with Gasteiger partial charge in [0.05, 0.1) is 52.9 Å². The highest BCUT2D eigenvalue weighted by molar-refractivity contribution is 5.86. The summed E-state index contributed by atoms with van der Waals surface area (Å²) in [4.78, 5) is 56.4. The lowest BCUT2D eigenvalue weighted by atomic mass is 9.98. The molecule has 14 nitrogen and oxygen atoms in total. The Kier molecular flexibility index (Phi) is 21.0. The second-order valence-corrected chi connectivity index (χ2v) is 13.2. The lowest BCUT2D eigenvalue weighted by Crippen LogP contribution is -2.53. The number of alkyl carbamates (subject to hydrolysis) is 2. The van der Waals surface area contributed by atoms with Crippen molar-refractivity contribution >= 4 is 24.0 Å². The number of ether oxygens (including phenoxy) is 6. The first-order chi connectivity index (χ1) is 26.2. The first-order valence-electron chi connectivity index (χ1n) is 19.1. The Morgan fingerprint density at radius 3 is 1.17 bits per heavy atom. The molecule has 4 amide bonds. The second kappa shape index (κ2) is 25.7. The van der Waals surface area contributed by atoms with E-state index in [0.29, 0.717) is 12.8 Å². The number of hydrogen-bond donors (Lipinski definition) is 2. The molecule has 14 heteroatoms. The molecule has 1 heterocycles. The van der Waals surface area contributed by atoms with Crippen molar-refractivity contribution in [2.24, 2.45) is 11.8 Å². The molecule has 0 aliphatic carbocycles. The van der Waals surface area contributed by atoms with Crippen LogP contribution in [0.1, 0.15) is 51.7 Å². The van der Waals surface area contributed by atoms with Gasteiger partial charge < -0.3 is 48.9 Å². The molecule has 54 heavy (non-hydrogen) atoms. The van der Waals surface area contributed by atoms with Crippen molar-refractivity contribution in [3.63, 3.8) is 0 Å². The number of carbonyl (C=O) groups excluding carboxylic acids is 4. The lowest BCUT2D eigenvalue weighted by molar-refractivity contribution is -0.138. The average molecular weight is 757 g/mol. The topological polar surface area (TPSA) is 154 Å². The summed E-state index contributed by atoms with van der Waals surface area (Å²) in [5, 5.41) is 5.58. The van der Waals surface area contributed by atoms with E-state index in [0.717, 1.165) is 11.1 Å². The van der Waals surface area contributed by atoms with Crippen LogP contribution >= 0.6 is 0 Å². The normalized spacial score (nSPS) is 17.8. The van der Waals surface area contributed by atoms with Crippen LogP contribution in [0.5, 0.6) is 0 Å². The van der Waals surface area contributed by atoms with Gasteiger partial charge in [-0.2, -0.15) is 0 Å². The van der Waals surface area contributed by atoms with Crippen molar-refractivity contribution in [2.45, 2.75) is 65.8 Å². The predicted molar refractivity (Wildman–Crippen MR) is 202 cm³/mol. The van der Waals surface area contributed by atoms with Gasteiger partial charge in [0, 0.05) is 26.2 Å². The maximum absolute atomic E-state index is 13.8. The predicted octanol–water partition coefficient (Wildman–Crippen LogP) is 4.41. The molecule has 1 aliphatic rings. The zero-order valence-electron chi connectivity index (χ0n) is 32.4. The van der Waals surface area contributed by atoms with E-state index < -0.39 is 24.3 Å². The van der Waals surface area contributed by atoms with Crippen molar-refractivity contribution < 1.29 is 47.6 Å². The van der Waals surface area contributed by atoms with Gasteiger partial charge in [-0.25, -0.2) is 9.59 Å². The van der Waals surface area contributed by atoms with Gasteiger partial charge in [-0.3, -0.25) is 9.59 Å². The zero-order chi connectivity index (χ0) is 39.0. The van der Waals surface area contributed by atoms with E-state index in [-0.39, 0.29) is 116 Å². The third kappa shape index (κ3) is 16.4. The highest BCUT2D eigenvalue weighted by Crippen LogP contribution is 2.14. The van der Waals surface area contributed by atoms with E-state index in [1.54, 1.807) is 9.80 Å². The molecule has 1 fully saturated rings. The minimum absolute atomic E-state index is 0.0970. The Bertz CT molecular complexity index is 1250. The van der Waals surface area contributed by atoms with E-state index in [1.807, 2.05) is 88.4 Å². The molecule has 0 aromatic heterocycles. The minimum atomic E-state index is -0.788. The molecule has 2 N–H and O–H groups in total. The van der Waals surface area contributed by atoms with E-state index >= 15 is 0 Å². The summed E-state index contributed by atoms with van der Waals surface area (Å²) in [6.07, 6.45) is 0.0245. The van der Waals surface area contributed by atoms with Crippen LogP contribution < -0.4 is 10.6 Å². The van der Waals surface area contributed by atoms with Crippen molar-refractivity contribution in [3.05, 3.63) is 71.8 Å². The lowest BCUT2D eigenvalue weighted by Gasteiger charge is -2.31. The van der Waals surface area contributed by atoms with Gasteiger partial charge in [-0.1, -0.05) is 101 Å². The number of carbonyl (C=O) groups is 4. The molecule has 1 aliphatic heterocycles. The highest BCUT2D eigenvalue weighted by atomic mass is 16.6. The fourth-order valence-electron chi connectivity index (χ4n) is 5.55. The minimum Gasteiger partial charge on any atom is -0.445 e. The number of nitrogens with zero attached hydrogens (tertiary/aromatic N) is 2. The van der Waals surface area contributed by atoms with Gasteiger partial charge in [0.15, 0.2) is 0 Å². The monoisotopic (exact) mass is 756 g/mol. The van der Waals surface area contributed by atoms with Crippen LogP contribution in [-0.4, -0.2) is 125 Å².